The predicted molar refractivity (Wildman–Crippen MR) is 171 cm³/mol. The van der Waals surface area contributed by atoms with Crippen LogP contribution >= 0.6 is 22.9 Å². The lowest BCUT2D eigenvalue weighted by Gasteiger charge is -2.36. The Morgan fingerprint density at radius 3 is 2.66 bits per heavy atom. The molecular formula is C31H33ClN4O6S2. The fraction of sp³-hybridized carbons (Fsp3) is 0.387. The summed E-state index contributed by atoms with van der Waals surface area (Å²) in [7, 11) is -3.51. The summed E-state index contributed by atoms with van der Waals surface area (Å²) in [6.07, 6.45) is 2.28. The molecule has 3 aromatic heterocycles. The molecule has 1 unspecified atom stereocenters. The summed E-state index contributed by atoms with van der Waals surface area (Å²) >= 11 is 8.18. The molecule has 6 rings (SSSR count). The number of nitrogens with zero attached hydrogens (tertiary/aromatic N) is 2. The molecule has 1 aliphatic heterocycles. The number of rotatable bonds is 9. The minimum absolute atomic E-state index is 0.0321. The van der Waals surface area contributed by atoms with Crippen molar-refractivity contribution in [3.05, 3.63) is 75.9 Å². The summed E-state index contributed by atoms with van der Waals surface area (Å²) in [5.41, 5.74) is 1.000. The first-order valence-corrected chi connectivity index (χ1v) is 17.0. The highest BCUT2D eigenvalue weighted by Gasteiger charge is 2.38. The molecular weight excluding hydrogens is 624 g/mol. The molecule has 2 fully saturated rings. The Morgan fingerprint density at radius 2 is 1.98 bits per heavy atom. The van der Waals surface area contributed by atoms with E-state index >= 15 is 0 Å². The largest absolute Gasteiger partial charge is 0.444 e. The molecule has 1 atom stereocenters. The Labute approximate surface area is 264 Å². The van der Waals surface area contributed by atoms with E-state index in [0.717, 1.165) is 26.1 Å². The number of amides is 1. The molecule has 1 amide bonds. The van der Waals surface area contributed by atoms with Gasteiger partial charge in [0.25, 0.3) is 0 Å². The lowest BCUT2D eigenvalue weighted by molar-refractivity contribution is -0.184. The molecule has 13 heteroatoms. The molecule has 4 aromatic rings. The van der Waals surface area contributed by atoms with Gasteiger partial charge in [-0.1, -0.05) is 29.8 Å². The Balaban J connectivity index is 1.39. The Morgan fingerprint density at radius 1 is 1.20 bits per heavy atom. The standard InChI is InChI=1S/C31H33ClN4O6S2/c1-30(2,3)42-29(37)36-26-10-9-23(32)27(35-26)22(15-34-44(39,40)20-7-8-20)25-13-18-5-4-6-21(28(18)43-25)24-14-19(11-12-33-24)31(38)16-41-17-31/h4-6,9-14,20,22,34,38H,7-8,15-17H2,1-3H3,(H,35,36,37). The third-order valence-corrected chi connectivity index (χ3v) is 11.0. The van der Waals surface area contributed by atoms with E-state index in [1.165, 1.54) is 11.3 Å². The van der Waals surface area contributed by atoms with E-state index in [-0.39, 0.29) is 25.6 Å². The zero-order valence-corrected chi connectivity index (χ0v) is 26.9. The molecule has 1 saturated heterocycles. The fourth-order valence-electron chi connectivity index (χ4n) is 4.99. The number of halogens is 1. The number of carbonyl (C=O) groups excluding carboxylic acids is 1. The van der Waals surface area contributed by atoms with Crippen LogP contribution in [-0.2, 0) is 25.1 Å². The maximum Gasteiger partial charge on any atom is 0.413 e. The lowest BCUT2D eigenvalue weighted by Crippen LogP contribution is -2.46. The molecule has 1 saturated carbocycles. The minimum Gasteiger partial charge on any atom is -0.444 e. The quantitative estimate of drug-likeness (QED) is 0.206. The molecule has 1 aromatic carbocycles. The summed E-state index contributed by atoms with van der Waals surface area (Å²) in [5.74, 6) is -0.330. The normalized spacial score (nSPS) is 17.2. The van der Waals surface area contributed by atoms with Crippen LogP contribution in [0.3, 0.4) is 0 Å². The molecule has 4 heterocycles. The van der Waals surface area contributed by atoms with Crippen molar-refractivity contribution >= 4 is 55.0 Å². The maximum atomic E-state index is 12.9. The molecule has 232 valence electrons. The van der Waals surface area contributed by atoms with Crippen LogP contribution in [0.2, 0.25) is 5.02 Å². The van der Waals surface area contributed by atoms with Gasteiger partial charge in [0.05, 0.1) is 40.8 Å². The fourth-order valence-corrected chi connectivity index (χ4v) is 7.91. The van der Waals surface area contributed by atoms with Gasteiger partial charge in [-0.15, -0.1) is 11.3 Å². The number of benzene rings is 1. The zero-order chi connectivity index (χ0) is 31.3. The Bertz CT molecular complexity index is 1830. The van der Waals surface area contributed by atoms with E-state index < -0.39 is 38.5 Å². The van der Waals surface area contributed by atoms with Crippen LogP contribution in [-0.4, -0.2) is 60.2 Å². The van der Waals surface area contributed by atoms with Crippen molar-refractivity contribution < 1.29 is 27.8 Å². The van der Waals surface area contributed by atoms with Crippen molar-refractivity contribution in [2.45, 2.75) is 56.0 Å². The van der Waals surface area contributed by atoms with Crippen molar-refractivity contribution in [3.63, 3.8) is 0 Å². The molecule has 3 N–H and O–H groups in total. The molecule has 0 spiro atoms. The Hall–Kier alpha value is -3.13. The zero-order valence-electron chi connectivity index (χ0n) is 24.5. The number of fused-ring (bicyclic) bond motifs is 1. The number of hydrogen-bond donors (Lipinski definition) is 3. The van der Waals surface area contributed by atoms with Gasteiger partial charge < -0.3 is 14.6 Å². The van der Waals surface area contributed by atoms with E-state index in [4.69, 9.17) is 21.1 Å². The van der Waals surface area contributed by atoms with Crippen molar-refractivity contribution in [2.75, 3.05) is 25.1 Å². The van der Waals surface area contributed by atoms with Gasteiger partial charge in [-0.3, -0.25) is 10.3 Å². The number of thiophene rings is 1. The van der Waals surface area contributed by atoms with E-state index in [0.29, 0.717) is 29.3 Å². The average Bonchev–Trinajstić information content (AvgIpc) is 3.72. The van der Waals surface area contributed by atoms with E-state index in [1.807, 2.05) is 30.3 Å². The van der Waals surface area contributed by atoms with Crippen molar-refractivity contribution in [1.29, 1.82) is 0 Å². The summed E-state index contributed by atoms with van der Waals surface area (Å²) < 4.78 is 40.1. The highest BCUT2D eigenvalue weighted by Crippen LogP contribution is 2.41. The maximum absolute atomic E-state index is 12.9. The van der Waals surface area contributed by atoms with Gasteiger partial charge in [0.1, 0.15) is 17.0 Å². The number of carbonyl (C=O) groups is 1. The molecule has 1 aliphatic carbocycles. The van der Waals surface area contributed by atoms with Gasteiger partial charge >= 0.3 is 6.09 Å². The van der Waals surface area contributed by atoms with Crippen molar-refractivity contribution in [2.24, 2.45) is 0 Å². The van der Waals surface area contributed by atoms with Crippen LogP contribution in [0.5, 0.6) is 0 Å². The van der Waals surface area contributed by atoms with Gasteiger partial charge in [0.2, 0.25) is 10.0 Å². The number of pyridine rings is 2. The van der Waals surface area contributed by atoms with Crippen molar-refractivity contribution in [3.8, 4) is 11.3 Å². The number of hydrogen-bond acceptors (Lipinski definition) is 9. The van der Waals surface area contributed by atoms with E-state index in [9.17, 15) is 18.3 Å². The van der Waals surface area contributed by atoms with Crippen LogP contribution in [0.25, 0.3) is 21.3 Å². The number of anilines is 1. The van der Waals surface area contributed by atoms with Crippen LogP contribution in [0.1, 0.15) is 55.7 Å². The molecule has 2 aliphatic rings. The molecule has 10 nitrogen and oxygen atoms in total. The second-order valence-corrected chi connectivity index (χ2v) is 15.7. The van der Waals surface area contributed by atoms with Crippen molar-refractivity contribution in [1.82, 2.24) is 14.7 Å². The third kappa shape index (κ3) is 6.60. The average molecular weight is 657 g/mol. The number of aromatic nitrogens is 2. The lowest BCUT2D eigenvalue weighted by atomic mass is 9.91. The number of ether oxygens (including phenoxy) is 2. The number of nitrogens with one attached hydrogen (secondary N) is 2. The van der Waals surface area contributed by atoms with Gasteiger partial charge in [0.15, 0.2) is 0 Å². The summed E-state index contributed by atoms with van der Waals surface area (Å²) in [6, 6.07) is 14.8. The van der Waals surface area contributed by atoms with Gasteiger partial charge in [-0.2, -0.15) is 0 Å². The second-order valence-electron chi connectivity index (χ2n) is 12.2. The highest BCUT2D eigenvalue weighted by molar-refractivity contribution is 7.90. The Kier molecular flexibility index (Phi) is 8.18. The minimum atomic E-state index is -3.51. The van der Waals surface area contributed by atoms with E-state index in [1.54, 1.807) is 45.2 Å². The first-order chi connectivity index (χ1) is 20.8. The van der Waals surface area contributed by atoms with Gasteiger partial charge in [-0.05, 0) is 74.9 Å². The SMILES string of the molecule is CC(C)(C)OC(=O)Nc1ccc(Cl)c(C(CNS(=O)(=O)C2CC2)c2cc3cccc(-c4cc(C5(O)COC5)ccn4)c3s2)n1. The van der Waals surface area contributed by atoms with Gasteiger partial charge in [0, 0.05) is 27.9 Å². The predicted octanol–water partition coefficient (Wildman–Crippen LogP) is 5.79. The summed E-state index contributed by atoms with van der Waals surface area (Å²) in [6.45, 7) is 5.79. The monoisotopic (exact) mass is 656 g/mol. The smallest absolute Gasteiger partial charge is 0.413 e. The van der Waals surface area contributed by atoms with Crippen LogP contribution < -0.4 is 10.0 Å². The first kappa shape index (κ1) is 30.9. The van der Waals surface area contributed by atoms with Crippen LogP contribution in [0, 0.1) is 0 Å². The number of sulfonamides is 1. The third-order valence-electron chi connectivity index (χ3n) is 7.45. The van der Waals surface area contributed by atoms with Gasteiger partial charge in [-0.25, -0.2) is 22.9 Å². The topological polar surface area (TPSA) is 140 Å². The second kappa shape index (κ2) is 11.7. The molecule has 44 heavy (non-hydrogen) atoms. The molecule has 0 bridgehead atoms. The summed E-state index contributed by atoms with van der Waals surface area (Å²) in [5, 5.41) is 14.4. The molecule has 0 radical (unpaired) electrons. The highest BCUT2D eigenvalue weighted by atomic mass is 35.5. The first-order valence-electron chi connectivity index (χ1n) is 14.3. The number of aliphatic hydroxyl groups is 1. The van der Waals surface area contributed by atoms with Crippen LogP contribution in [0.15, 0.2) is 54.7 Å². The van der Waals surface area contributed by atoms with E-state index in [2.05, 4.69) is 20.0 Å². The van der Waals surface area contributed by atoms with Crippen LogP contribution in [0.4, 0.5) is 10.6 Å². The summed E-state index contributed by atoms with van der Waals surface area (Å²) in [4.78, 5) is 22.6.